The standard InChI is InChI=1S/C21H24N2O6S/c1-15(20(24)22-18-10-3-4-11-19(18)28-2)29-21(25)16-8-7-9-17(14-16)30(26,27)23-12-5-6-13-23/h3-4,7-11,14-15H,5-6,12-13H2,1-2H3,(H,22,24)/t15-/m1/s1. The van der Waals surface area contributed by atoms with Gasteiger partial charge < -0.3 is 14.8 Å². The number of anilines is 1. The molecular weight excluding hydrogens is 408 g/mol. The molecule has 0 radical (unpaired) electrons. The summed E-state index contributed by atoms with van der Waals surface area (Å²) in [4.78, 5) is 24.9. The molecule has 0 unspecified atom stereocenters. The molecule has 0 aromatic heterocycles. The van der Waals surface area contributed by atoms with Crippen molar-refractivity contribution in [2.75, 3.05) is 25.5 Å². The van der Waals surface area contributed by atoms with E-state index in [4.69, 9.17) is 9.47 Å². The average Bonchev–Trinajstić information content (AvgIpc) is 3.30. The number of benzene rings is 2. The van der Waals surface area contributed by atoms with Crippen LogP contribution in [0.4, 0.5) is 5.69 Å². The number of hydrogen-bond donors (Lipinski definition) is 1. The zero-order valence-corrected chi connectivity index (χ0v) is 17.6. The van der Waals surface area contributed by atoms with Crippen LogP contribution in [-0.4, -0.2) is 50.9 Å². The van der Waals surface area contributed by atoms with Crippen molar-refractivity contribution in [3.63, 3.8) is 0 Å². The Labute approximate surface area is 175 Å². The number of nitrogens with one attached hydrogen (secondary N) is 1. The van der Waals surface area contributed by atoms with Gasteiger partial charge >= 0.3 is 5.97 Å². The SMILES string of the molecule is COc1ccccc1NC(=O)[C@@H](C)OC(=O)c1cccc(S(=O)(=O)N2CCCC2)c1. The summed E-state index contributed by atoms with van der Waals surface area (Å²) < 4.78 is 37.2. The zero-order chi connectivity index (χ0) is 21.7. The van der Waals surface area contributed by atoms with Crippen molar-refractivity contribution in [3.05, 3.63) is 54.1 Å². The number of amides is 1. The van der Waals surface area contributed by atoms with E-state index in [0.717, 1.165) is 12.8 Å². The van der Waals surface area contributed by atoms with Crippen molar-refractivity contribution in [2.24, 2.45) is 0 Å². The summed E-state index contributed by atoms with van der Waals surface area (Å²) in [5, 5.41) is 2.65. The number of esters is 1. The van der Waals surface area contributed by atoms with Gasteiger partial charge in [-0.05, 0) is 50.1 Å². The predicted octanol–water partition coefficient (Wildman–Crippen LogP) is 2.66. The first-order valence-corrected chi connectivity index (χ1v) is 11.0. The normalized spacial score (nSPS) is 15.4. The Bertz CT molecular complexity index is 1030. The Kier molecular flexibility index (Phi) is 6.73. The van der Waals surface area contributed by atoms with Gasteiger partial charge in [0.25, 0.3) is 5.91 Å². The van der Waals surface area contributed by atoms with Crippen molar-refractivity contribution in [1.82, 2.24) is 4.31 Å². The van der Waals surface area contributed by atoms with E-state index in [-0.39, 0.29) is 10.5 Å². The van der Waals surface area contributed by atoms with E-state index in [0.29, 0.717) is 24.5 Å². The van der Waals surface area contributed by atoms with Gasteiger partial charge in [0.2, 0.25) is 10.0 Å². The monoisotopic (exact) mass is 432 g/mol. The highest BCUT2D eigenvalue weighted by Gasteiger charge is 2.28. The lowest BCUT2D eigenvalue weighted by Crippen LogP contribution is -2.30. The lowest BCUT2D eigenvalue weighted by Gasteiger charge is -2.17. The van der Waals surface area contributed by atoms with Crippen molar-refractivity contribution in [1.29, 1.82) is 0 Å². The number of sulfonamides is 1. The van der Waals surface area contributed by atoms with E-state index >= 15 is 0 Å². The first-order chi connectivity index (χ1) is 14.3. The van der Waals surface area contributed by atoms with Crippen LogP contribution in [0.5, 0.6) is 5.75 Å². The van der Waals surface area contributed by atoms with E-state index in [1.165, 1.54) is 42.6 Å². The maximum Gasteiger partial charge on any atom is 0.338 e. The van der Waals surface area contributed by atoms with Gasteiger partial charge in [0.15, 0.2) is 6.10 Å². The molecule has 1 atom stereocenters. The van der Waals surface area contributed by atoms with Crippen LogP contribution in [0, 0.1) is 0 Å². The zero-order valence-electron chi connectivity index (χ0n) is 16.8. The summed E-state index contributed by atoms with van der Waals surface area (Å²) >= 11 is 0. The second-order valence-electron chi connectivity index (χ2n) is 6.88. The van der Waals surface area contributed by atoms with Crippen LogP contribution in [0.25, 0.3) is 0 Å². The Morgan fingerprint density at radius 1 is 1.07 bits per heavy atom. The van der Waals surface area contributed by atoms with Crippen molar-refractivity contribution >= 4 is 27.6 Å². The summed E-state index contributed by atoms with van der Waals surface area (Å²) in [6.45, 7) is 2.38. The third-order valence-corrected chi connectivity index (χ3v) is 6.69. The van der Waals surface area contributed by atoms with Gasteiger partial charge in [-0.2, -0.15) is 4.31 Å². The first kappa shape index (κ1) is 21.8. The van der Waals surface area contributed by atoms with Gasteiger partial charge in [0.1, 0.15) is 5.75 Å². The van der Waals surface area contributed by atoms with Crippen molar-refractivity contribution in [2.45, 2.75) is 30.8 Å². The second kappa shape index (κ2) is 9.27. The highest BCUT2D eigenvalue weighted by Crippen LogP contribution is 2.24. The quantitative estimate of drug-likeness (QED) is 0.675. The number of hydrogen-bond acceptors (Lipinski definition) is 6. The van der Waals surface area contributed by atoms with Gasteiger partial charge in [0, 0.05) is 13.1 Å². The number of carbonyl (C=O) groups excluding carboxylic acids is 2. The first-order valence-electron chi connectivity index (χ1n) is 9.58. The van der Waals surface area contributed by atoms with Crippen molar-refractivity contribution in [3.8, 4) is 5.75 Å². The number of nitrogens with zero attached hydrogens (tertiary/aromatic N) is 1. The van der Waals surface area contributed by atoms with Crippen LogP contribution in [-0.2, 0) is 19.6 Å². The highest BCUT2D eigenvalue weighted by molar-refractivity contribution is 7.89. The molecule has 1 aliphatic rings. The Morgan fingerprint density at radius 3 is 2.47 bits per heavy atom. The van der Waals surface area contributed by atoms with Crippen LogP contribution >= 0.6 is 0 Å². The molecule has 160 valence electrons. The molecule has 1 aliphatic heterocycles. The fourth-order valence-corrected chi connectivity index (χ4v) is 4.69. The van der Waals surface area contributed by atoms with Crippen LogP contribution in [0.3, 0.4) is 0 Å². The smallest absolute Gasteiger partial charge is 0.338 e. The molecule has 1 amide bonds. The molecule has 0 saturated carbocycles. The van der Waals surface area contributed by atoms with Crippen molar-refractivity contribution < 1.29 is 27.5 Å². The van der Waals surface area contributed by atoms with Crippen LogP contribution in [0.2, 0.25) is 0 Å². The molecule has 0 bridgehead atoms. The molecule has 2 aromatic carbocycles. The minimum Gasteiger partial charge on any atom is -0.495 e. The summed E-state index contributed by atoms with van der Waals surface area (Å²) in [6.07, 6.45) is 0.542. The lowest BCUT2D eigenvalue weighted by molar-refractivity contribution is -0.123. The molecule has 9 heteroatoms. The van der Waals surface area contributed by atoms with Crippen LogP contribution < -0.4 is 10.1 Å². The maximum absolute atomic E-state index is 12.7. The van der Waals surface area contributed by atoms with E-state index in [1.54, 1.807) is 24.3 Å². The number of ether oxygens (including phenoxy) is 2. The van der Waals surface area contributed by atoms with Crippen LogP contribution in [0.1, 0.15) is 30.1 Å². The van der Waals surface area contributed by atoms with E-state index in [1.807, 2.05) is 0 Å². The Hall–Kier alpha value is -2.91. The molecule has 1 saturated heterocycles. The molecule has 8 nitrogen and oxygen atoms in total. The molecule has 3 rings (SSSR count). The fourth-order valence-electron chi connectivity index (χ4n) is 3.13. The fraction of sp³-hybridized carbons (Fsp3) is 0.333. The lowest BCUT2D eigenvalue weighted by atomic mass is 10.2. The number of rotatable bonds is 7. The summed E-state index contributed by atoms with van der Waals surface area (Å²) in [5.41, 5.74) is 0.513. The Balaban J connectivity index is 1.69. The largest absolute Gasteiger partial charge is 0.495 e. The van der Waals surface area contributed by atoms with Gasteiger partial charge in [0.05, 0.1) is 23.3 Å². The third-order valence-electron chi connectivity index (χ3n) is 4.79. The summed E-state index contributed by atoms with van der Waals surface area (Å²) in [5.74, 6) is -0.839. The van der Waals surface area contributed by atoms with Crippen LogP contribution in [0.15, 0.2) is 53.4 Å². The molecule has 2 aromatic rings. The molecule has 1 heterocycles. The molecule has 0 spiro atoms. The minimum absolute atomic E-state index is 0.0324. The molecule has 1 fully saturated rings. The van der Waals surface area contributed by atoms with Gasteiger partial charge in [-0.3, -0.25) is 4.79 Å². The minimum atomic E-state index is -3.66. The molecule has 30 heavy (non-hydrogen) atoms. The summed E-state index contributed by atoms with van der Waals surface area (Å²) in [6, 6.07) is 12.5. The summed E-state index contributed by atoms with van der Waals surface area (Å²) in [7, 11) is -2.17. The number of methoxy groups -OCH3 is 1. The topological polar surface area (TPSA) is 102 Å². The number of para-hydroxylation sites is 2. The van der Waals surface area contributed by atoms with E-state index < -0.39 is 28.0 Å². The second-order valence-corrected chi connectivity index (χ2v) is 8.81. The molecule has 0 aliphatic carbocycles. The van der Waals surface area contributed by atoms with Gasteiger partial charge in [-0.1, -0.05) is 18.2 Å². The van der Waals surface area contributed by atoms with Gasteiger partial charge in [-0.15, -0.1) is 0 Å². The molecular formula is C21H24N2O6S. The molecule has 1 N–H and O–H groups in total. The van der Waals surface area contributed by atoms with E-state index in [2.05, 4.69) is 5.32 Å². The van der Waals surface area contributed by atoms with Gasteiger partial charge in [-0.25, -0.2) is 13.2 Å². The third kappa shape index (κ3) is 4.80. The highest BCUT2D eigenvalue weighted by atomic mass is 32.2. The Morgan fingerprint density at radius 2 is 1.77 bits per heavy atom. The maximum atomic E-state index is 12.7. The number of carbonyl (C=O) groups is 2. The van der Waals surface area contributed by atoms with E-state index in [9.17, 15) is 18.0 Å². The predicted molar refractivity (Wildman–Crippen MR) is 111 cm³/mol. The average molecular weight is 432 g/mol.